The van der Waals surface area contributed by atoms with Crippen LogP contribution in [0, 0.1) is 11.3 Å². The van der Waals surface area contributed by atoms with Gasteiger partial charge in [0.15, 0.2) is 17.6 Å². The largest absolute Gasteiger partial charge is 0.497 e. The van der Waals surface area contributed by atoms with Gasteiger partial charge in [-0.25, -0.2) is 0 Å². The zero-order valence-electron chi connectivity index (χ0n) is 13.9. The maximum absolute atomic E-state index is 12.5. The van der Waals surface area contributed by atoms with E-state index in [2.05, 4.69) is 6.07 Å². The van der Waals surface area contributed by atoms with Crippen LogP contribution in [0.2, 0.25) is 0 Å². The lowest BCUT2D eigenvalue weighted by Crippen LogP contribution is -2.24. The summed E-state index contributed by atoms with van der Waals surface area (Å²) in [5.41, 5.74) is 1.01. The summed E-state index contributed by atoms with van der Waals surface area (Å²) in [6, 6.07) is 13.8. The Morgan fingerprint density at radius 2 is 1.88 bits per heavy atom. The maximum Gasteiger partial charge on any atom is 0.203 e. The summed E-state index contributed by atoms with van der Waals surface area (Å²) in [6.07, 6.45) is -0.689. The van der Waals surface area contributed by atoms with Crippen LogP contribution in [0.1, 0.15) is 29.8 Å². The van der Waals surface area contributed by atoms with E-state index in [1.807, 2.05) is 6.92 Å². The second kappa shape index (κ2) is 8.02. The fraction of sp³-hybridized carbons (Fsp3) is 0.263. The molecule has 124 valence electrons. The summed E-state index contributed by atoms with van der Waals surface area (Å²) in [6.45, 7) is 3.96. The van der Waals surface area contributed by atoms with E-state index in [-0.39, 0.29) is 5.78 Å². The van der Waals surface area contributed by atoms with Gasteiger partial charge < -0.3 is 14.2 Å². The molecule has 2 aromatic carbocycles. The highest BCUT2D eigenvalue weighted by molar-refractivity contribution is 5.99. The molecule has 1 atom stereocenters. The molecule has 0 radical (unpaired) electrons. The number of carbonyl (C=O) groups excluding carboxylic acids is 1. The van der Waals surface area contributed by atoms with Crippen molar-refractivity contribution in [1.29, 1.82) is 5.26 Å². The van der Waals surface area contributed by atoms with Crippen molar-refractivity contribution in [3.05, 3.63) is 53.6 Å². The zero-order chi connectivity index (χ0) is 17.5. The van der Waals surface area contributed by atoms with Crippen LogP contribution >= 0.6 is 0 Å². The van der Waals surface area contributed by atoms with Gasteiger partial charge in [-0.05, 0) is 50.2 Å². The molecule has 0 saturated heterocycles. The lowest BCUT2D eigenvalue weighted by atomic mass is 10.1. The third-order valence-corrected chi connectivity index (χ3v) is 3.42. The van der Waals surface area contributed by atoms with E-state index in [9.17, 15) is 4.79 Å². The molecule has 2 rings (SSSR count). The first-order valence-electron chi connectivity index (χ1n) is 7.61. The van der Waals surface area contributed by atoms with Crippen LogP contribution in [0.4, 0.5) is 0 Å². The normalized spacial score (nSPS) is 11.2. The first-order chi connectivity index (χ1) is 11.6. The number of hydrogen-bond donors (Lipinski definition) is 0. The topological polar surface area (TPSA) is 68.5 Å². The van der Waals surface area contributed by atoms with Gasteiger partial charge in [0.05, 0.1) is 25.3 Å². The summed E-state index contributed by atoms with van der Waals surface area (Å²) in [4.78, 5) is 12.5. The van der Waals surface area contributed by atoms with E-state index >= 15 is 0 Å². The molecule has 0 spiro atoms. The highest BCUT2D eigenvalue weighted by atomic mass is 16.5. The van der Waals surface area contributed by atoms with Crippen LogP contribution in [-0.2, 0) is 0 Å². The molecule has 0 fully saturated rings. The number of ether oxygens (including phenoxy) is 3. The molecule has 0 heterocycles. The summed E-state index contributed by atoms with van der Waals surface area (Å²) in [5.74, 6) is 1.42. The van der Waals surface area contributed by atoms with Crippen LogP contribution in [0.15, 0.2) is 42.5 Å². The Kier molecular flexibility index (Phi) is 5.80. The highest BCUT2D eigenvalue weighted by Crippen LogP contribution is 2.29. The number of hydrogen-bond acceptors (Lipinski definition) is 5. The van der Waals surface area contributed by atoms with Gasteiger partial charge in [-0.15, -0.1) is 0 Å². The SMILES string of the molecule is CCOc1cc(C#N)ccc1OC(C)C(=O)c1ccc(OC)cc1. The van der Waals surface area contributed by atoms with E-state index in [1.165, 1.54) is 0 Å². The van der Waals surface area contributed by atoms with Gasteiger partial charge in [0, 0.05) is 11.6 Å². The Morgan fingerprint density at radius 3 is 2.46 bits per heavy atom. The standard InChI is InChI=1S/C19H19NO4/c1-4-23-18-11-14(12-20)5-10-17(18)24-13(2)19(21)15-6-8-16(22-3)9-7-15/h5-11,13H,4H2,1-3H3. The van der Waals surface area contributed by atoms with E-state index in [0.717, 1.165) is 0 Å². The monoisotopic (exact) mass is 325 g/mol. The Labute approximate surface area is 141 Å². The second-order valence-corrected chi connectivity index (χ2v) is 5.06. The number of Topliss-reactive ketones (excluding diaryl/α,β-unsaturated/α-hetero) is 1. The Bertz CT molecular complexity index is 747. The number of nitriles is 1. The molecule has 0 N–H and O–H groups in total. The number of ketones is 1. The van der Waals surface area contributed by atoms with Gasteiger partial charge in [-0.1, -0.05) is 0 Å². The average molecular weight is 325 g/mol. The number of benzene rings is 2. The van der Waals surface area contributed by atoms with E-state index in [0.29, 0.717) is 35.0 Å². The second-order valence-electron chi connectivity index (χ2n) is 5.06. The summed E-state index contributed by atoms with van der Waals surface area (Å²) < 4.78 is 16.3. The summed E-state index contributed by atoms with van der Waals surface area (Å²) in [7, 11) is 1.57. The van der Waals surface area contributed by atoms with Gasteiger partial charge in [0.2, 0.25) is 5.78 Å². The van der Waals surface area contributed by atoms with Crippen LogP contribution in [0.25, 0.3) is 0 Å². The number of rotatable bonds is 7. The lowest BCUT2D eigenvalue weighted by molar-refractivity contribution is 0.0813. The van der Waals surface area contributed by atoms with E-state index in [4.69, 9.17) is 19.5 Å². The molecule has 1 unspecified atom stereocenters. The predicted octanol–water partition coefficient (Wildman–Crippen LogP) is 3.62. The van der Waals surface area contributed by atoms with Crippen molar-refractivity contribution >= 4 is 5.78 Å². The third kappa shape index (κ3) is 4.05. The molecule has 0 aliphatic carbocycles. The summed E-state index contributed by atoms with van der Waals surface area (Å²) in [5, 5.41) is 8.97. The van der Waals surface area contributed by atoms with E-state index in [1.54, 1.807) is 56.5 Å². The van der Waals surface area contributed by atoms with Crippen molar-refractivity contribution in [3.8, 4) is 23.3 Å². The van der Waals surface area contributed by atoms with Crippen molar-refractivity contribution < 1.29 is 19.0 Å². The Hall–Kier alpha value is -3.00. The molecule has 0 aromatic heterocycles. The minimum absolute atomic E-state index is 0.149. The van der Waals surface area contributed by atoms with Gasteiger partial charge in [0.1, 0.15) is 5.75 Å². The van der Waals surface area contributed by atoms with Gasteiger partial charge in [-0.3, -0.25) is 4.79 Å². The van der Waals surface area contributed by atoms with Crippen molar-refractivity contribution in [2.24, 2.45) is 0 Å². The van der Waals surface area contributed by atoms with Crippen LogP contribution in [0.5, 0.6) is 17.2 Å². The van der Waals surface area contributed by atoms with Crippen molar-refractivity contribution in [2.45, 2.75) is 20.0 Å². The fourth-order valence-corrected chi connectivity index (χ4v) is 2.18. The number of nitrogens with zero attached hydrogens (tertiary/aromatic N) is 1. The third-order valence-electron chi connectivity index (χ3n) is 3.42. The molecular formula is C19H19NO4. The van der Waals surface area contributed by atoms with Crippen LogP contribution in [-0.4, -0.2) is 25.6 Å². The van der Waals surface area contributed by atoms with Gasteiger partial charge in [0.25, 0.3) is 0 Å². The summed E-state index contributed by atoms with van der Waals surface area (Å²) >= 11 is 0. The lowest BCUT2D eigenvalue weighted by Gasteiger charge is -2.17. The van der Waals surface area contributed by atoms with Crippen molar-refractivity contribution in [3.63, 3.8) is 0 Å². The minimum atomic E-state index is -0.689. The maximum atomic E-state index is 12.5. The van der Waals surface area contributed by atoms with Crippen molar-refractivity contribution in [2.75, 3.05) is 13.7 Å². The molecule has 5 nitrogen and oxygen atoms in total. The molecule has 5 heteroatoms. The number of carbonyl (C=O) groups is 1. The first kappa shape index (κ1) is 17.4. The Morgan fingerprint density at radius 1 is 1.17 bits per heavy atom. The Balaban J connectivity index is 2.17. The molecular weight excluding hydrogens is 306 g/mol. The van der Waals surface area contributed by atoms with Crippen LogP contribution < -0.4 is 14.2 Å². The molecule has 0 amide bonds. The fourth-order valence-electron chi connectivity index (χ4n) is 2.18. The molecule has 0 aliphatic rings. The molecule has 0 aliphatic heterocycles. The molecule has 24 heavy (non-hydrogen) atoms. The smallest absolute Gasteiger partial charge is 0.203 e. The van der Waals surface area contributed by atoms with Gasteiger partial charge in [-0.2, -0.15) is 5.26 Å². The van der Waals surface area contributed by atoms with Crippen LogP contribution in [0.3, 0.4) is 0 Å². The average Bonchev–Trinajstić information content (AvgIpc) is 2.62. The molecule has 2 aromatic rings. The highest BCUT2D eigenvalue weighted by Gasteiger charge is 2.19. The predicted molar refractivity (Wildman–Crippen MR) is 89.7 cm³/mol. The molecule has 0 bridgehead atoms. The quantitative estimate of drug-likeness (QED) is 0.727. The first-order valence-corrected chi connectivity index (χ1v) is 7.61. The molecule has 0 saturated carbocycles. The van der Waals surface area contributed by atoms with E-state index < -0.39 is 6.10 Å². The van der Waals surface area contributed by atoms with Gasteiger partial charge >= 0.3 is 0 Å². The zero-order valence-corrected chi connectivity index (χ0v) is 13.9. The van der Waals surface area contributed by atoms with Crippen molar-refractivity contribution in [1.82, 2.24) is 0 Å². The number of methoxy groups -OCH3 is 1. The minimum Gasteiger partial charge on any atom is -0.497 e.